The zero-order valence-electron chi connectivity index (χ0n) is 12.3. The van der Waals surface area contributed by atoms with Gasteiger partial charge in [0.05, 0.1) is 18.6 Å². The van der Waals surface area contributed by atoms with Gasteiger partial charge in [-0.2, -0.15) is 13.5 Å². The molecule has 116 valence electrons. The fourth-order valence-corrected chi connectivity index (χ4v) is 1.84. The Balaban J connectivity index is 2.98. The van der Waals surface area contributed by atoms with E-state index in [4.69, 9.17) is 8.92 Å². The van der Waals surface area contributed by atoms with Gasteiger partial charge in [0.15, 0.2) is 5.75 Å². The molecule has 1 aromatic rings. The summed E-state index contributed by atoms with van der Waals surface area (Å²) in [5.41, 5.74) is 3.87. The number of benzene rings is 1. The van der Waals surface area contributed by atoms with Crippen molar-refractivity contribution in [3.05, 3.63) is 23.8 Å². The number of rotatable bonds is 6. The van der Waals surface area contributed by atoms with Gasteiger partial charge in [-0.05, 0) is 38.5 Å². The summed E-state index contributed by atoms with van der Waals surface area (Å²) in [7, 11) is -3.66. The van der Waals surface area contributed by atoms with E-state index < -0.39 is 16.1 Å². The molecular weight excluding hydrogens is 296 g/mol. The predicted molar refractivity (Wildman–Crippen MR) is 80.0 cm³/mol. The van der Waals surface area contributed by atoms with Gasteiger partial charge in [0.25, 0.3) is 0 Å². The molecule has 1 aromatic carbocycles. The van der Waals surface area contributed by atoms with E-state index >= 15 is 0 Å². The van der Waals surface area contributed by atoms with E-state index in [0.29, 0.717) is 5.69 Å². The second-order valence-electron chi connectivity index (χ2n) is 4.32. The first-order valence-corrected chi connectivity index (χ1v) is 8.02. The van der Waals surface area contributed by atoms with Crippen molar-refractivity contribution >= 4 is 27.5 Å². The van der Waals surface area contributed by atoms with Crippen LogP contribution in [0.15, 0.2) is 23.3 Å². The monoisotopic (exact) mass is 314 g/mol. The third kappa shape index (κ3) is 5.82. The van der Waals surface area contributed by atoms with E-state index in [1.54, 1.807) is 32.0 Å². The molecule has 0 unspecified atom stereocenters. The standard InChI is InChI=1S/C13H18N2O5S/c1-5-19-13(16)10(3)14-15-11-7-6-9(2)8-12(11)20-21(4,17)18/h6-8,15H,5H2,1-4H3/b14-10+. The van der Waals surface area contributed by atoms with Crippen LogP contribution in [0.3, 0.4) is 0 Å². The molecule has 0 saturated heterocycles. The Labute approximate surface area is 124 Å². The van der Waals surface area contributed by atoms with Gasteiger partial charge in [0.1, 0.15) is 5.71 Å². The molecule has 0 amide bonds. The normalized spacial score (nSPS) is 11.9. The average Bonchev–Trinajstić information content (AvgIpc) is 2.35. The molecule has 0 aromatic heterocycles. The first kappa shape index (κ1) is 17.0. The summed E-state index contributed by atoms with van der Waals surface area (Å²) >= 11 is 0. The quantitative estimate of drug-likeness (QED) is 0.371. The molecule has 0 aliphatic rings. The van der Waals surface area contributed by atoms with E-state index in [0.717, 1.165) is 11.8 Å². The molecule has 0 fully saturated rings. The molecule has 0 heterocycles. The van der Waals surface area contributed by atoms with Gasteiger partial charge >= 0.3 is 16.1 Å². The maximum atomic E-state index is 11.4. The van der Waals surface area contributed by atoms with Crippen LogP contribution in [0.4, 0.5) is 5.69 Å². The lowest BCUT2D eigenvalue weighted by Gasteiger charge is -2.10. The lowest BCUT2D eigenvalue weighted by Crippen LogP contribution is -2.15. The van der Waals surface area contributed by atoms with Gasteiger partial charge in [-0.15, -0.1) is 0 Å². The molecule has 0 spiro atoms. The molecule has 0 saturated carbocycles. The van der Waals surface area contributed by atoms with Crippen LogP contribution < -0.4 is 9.61 Å². The highest BCUT2D eigenvalue weighted by Gasteiger charge is 2.11. The van der Waals surface area contributed by atoms with Gasteiger partial charge in [0.2, 0.25) is 0 Å². The first-order valence-electron chi connectivity index (χ1n) is 6.20. The Morgan fingerprint density at radius 1 is 1.38 bits per heavy atom. The van der Waals surface area contributed by atoms with Crippen molar-refractivity contribution in [1.82, 2.24) is 0 Å². The van der Waals surface area contributed by atoms with Crippen LogP contribution in [0.2, 0.25) is 0 Å². The van der Waals surface area contributed by atoms with Gasteiger partial charge in [-0.25, -0.2) is 4.79 Å². The smallest absolute Gasteiger partial charge is 0.354 e. The Morgan fingerprint density at radius 2 is 2.05 bits per heavy atom. The van der Waals surface area contributed by atoms with Crippen molar-refractivity contribution in [1.29, 1.82) is 0 Å². The minimum absolute atomic E-state index is 0.109. The van der Waals surface area contributed by atoms with E-state index in [9.17, 15) is 13.2 Å². The lowest BCUT2D eigenvalue weighted by molar-refractivity contribution is -0.135. The summed E-state index contributed by atoms with van der Waals surface area (Å²) in [6, 6.07) is 4.92. The van der Waals surface area contributed by atoms with Crippen molar-refractivity contribution in [2.75, 3.05) is 18.3 Å². The minimum Gasteiger partial charge on any atom is -0.461 e. The Kier molecular flexibility index (Phi) is 5.71. The number of hydrogen-bond donors (Lipinski definition) is 1. The van der Waals surface area contributed by atoms with Crippen LogP contribution in [-0.4, -0.2) is 33.0 Å². The van der Waals surface area contributed by atoms with Crippen molar-refractivity contribution in [2.24, 2.45) is 5.10 Å². The van der Waals surface area contributed by atoms with Crippen molar-refractivity contribution < 1.29 is 22.1 Å². The van der Waals surface area contributed by atoms with E-state index in [-0.39, 0.29) is 18.1 Å². The molecule has 0 aliphatic heterocycles. The number of nitrogens with zero attached hydrogens (tertiary/aromatic N) is 1. The van der Waals surface area contributed by atoms with E-state index in [1.807, 2.05) is 0 Å². The number of ether oxygens (including phenoxy) is 1. The Bertz CT molecular complexity index is 653. The molecule has 1 N–H and O–H groups in total. The fraction of sp³-hybridized carbons (Fsp3) is 0.385. The highest BCUT2D eigenvalue weighted by Crippen LogP contribution is 2.26. The highest BCUT2D eigenvalue weighted by molar-refractivity contribution is 7.86. The van der Waals surface area contributed by atoms with Crippen LogP contribution in [0, 0.1) is 6.92 Å². The number of esters is 1. The molecule has 7 nitrogen and oxygen atoms in total. The largest absolute Gasteiger partial charge is 0.461 e. The topological polar surface area (TPSA) is 94.1 Å². The third-order valence-corrected chi connectivity index (χ3v) is 2.78. The molecule has 1 rings (SSSR count). The van der Waals surface area contributed by atoms with Crippen LogP contribution in [-0.2, 0) is 19.6 Å². The van der Waals surface area contributed by atoms with E-state index in [2.05, 4.69) is 10.5 Å². The second-order valence-corrected chi connectivity index (χ2v) is 5.89. The summed E-state index contributed by atoms with van der Waals surface area (Å²) in [4.78, 5) is 11.4. The molecule has 8 heteroatoms. The zero-order chi connectivity index (χ0) is 16.0. The van der Waals surface area contributed by atoms with Crippen LogP contribution in [0.25, 0.3) is 0 Å². The van der Waals surface area contributed by atoms with Crippen molar-refractivity contribution in [3.63, 3.8) is 0 Å². The van der Waals surface area contributed by atoms with Gasteiger partial charge in [-0.3, -0.25) is 5.43 Å². The molecule has 21 heavy (non-hydrogen) atoms. The summed E-state index contributed by atoms with van der Waals surface area (Å²) in [5, 5.41) is 3.85. The van der Waals surface area contributed by atoms with Gasteiger partial charge in [-0.1, -0.05) is 6.07 Å². The zero-order valence-corrected chi connectivity index (χ0v) is 13.2. The predicted octanol–water partition coefficient (Wildman–Crippen LogP) is 1.68. The number of carbonyl (C=O) groups is 1. The summed E-state index contributed by atoms with van der Waals surface area (Å²) in [5.74, 6) is -0.444. The van der Waals surface area contributed by atoms with Crippen molar-refractivity contribution in [3.8, 4) is 5.75 Å². The molecule has 0 aliphatic carbocycles. The summed E-state index contributed by atoms with van der Waals surface area (Å²) in [6.07, 6.45) is 0.951. The number of hydrazone groups is 1. The molecule has 0 bridgehead atoms. The second kappa shape index (κ2) is 7.07. The number of aryl methyl sites for hydroxylation is 1. The Morgan fingerprint density at radius 3 is 2.62 bits per heavy atom. The average molecular weight is 314 g/mol. The number of carbonyl (C=O) groups excluding carboxylic acids is 1. The van der Waals surface area contributed by atoms with Gasteiger partial charge in [0, 0.05) is 0 Å². The van der Waals surface area contributed by atoms with Gasteiger partial charge < -0.3 is 8.92 Å². The summed E-state index contributed by atoms with van der Waals surface area (Å²) < 4.78 is 32.1. The van der Waals surface area contributed by atoms with Crippen LogP contribution >= 0.6 is 0 Å². The fourth-order valence-electron chi connectivity index (χ4n) is 1.38. The lowest BCUT2D eigenvalue weighted by atomic mass is 10.2. The number of nitrogens with one attached hydrogen (secondary N) is 1. The number of anilines is 1. The molecular formula is C13H18N2O5S. The number of hydrogen-bond acceptors (Lipinski definition) is 7. The van der Waals surface area contributed by atoms with E-state index in [1.165, 1.54) is 6.92 Å². The minimum atomic E-state index is -3.66. The summed E-state index contributed by atoms with van der Waals surface area (Å²) in [6.45, 7) is 5.22. The maximum Gasteiger partial charge on any atom is 0.354 e. The SMILES string of the molecule is CCOC(=O)/C(C)=N/Nc1ccc(C)cc1OS(C)(=O)=O. The Hall–Kier alpha value is -2.09. The molecule has 0 radical (unpaired) electrons. The molecule has 0 atom stereocenters. The maximum absolute atomic E-state index is 11.4. The van der Waals surface area contributed by atoms with Crippen molar-refractivity contribution in [2.45, 2.75) is 20.8 Å². The van der Waals surface area contributed by atoms with Crippen LogP contribution in [0.1, 0.15) is 19.4 Å². The van der Waals surface area contributed by atoms with Crippen LogP contribution in [0.5, 0.6) is 5.75 Å². The first-order chi connectivity index (χ1) is 9.73. The third-order valence-electron chi connectivity index (χ3n) is 2.29. The highest BCUT2D eigenvalue weighted by atomic mass is 32.2.